The zero-order valence-electron chi connectivity index (χ0n) is 14.2. The van der Waals surface area contributed by atoms with Gasteiger partial charge in [-0.3, -0.25) is 4.79 Å². The lowest BCUT2D eigenvalue weighted by molar-refractivity contribution is -0.118. The Morgan fingerprint density at radius 2 is 1.74 bits per heavy atom. The third-order valence-corrected chi connectivity index (χ3v) is 3.90. The second-order valence-corrected chi connectivity index (χ2v) is 5.83. The normalized spacial score (nSPS) is 10.7. The van der Waals surface area contributed by atoms with Crippen LogP contribution in [0.4, 0.5) is 10.1 Å². The molecule has 0 aliphatic rings. The van der Waals surface area contributed by atoms with E-state index in [9.17, 15) is 9.18 Å². The summed E-state index contributed by atoms with van der Waals surface area (Å²) >= 11 is 0. The van der Waals surface area contributed by atoms with Crippen molar-refractivity contribution < 1.29 is 18.3 Å². The van der Waals surface area contributed by atoms with E-state index < -0.39 is 5.82 Å². The maximum absolute atomic E-state index is 13.5. The molecular weight excluding hydrogens is 347 g/mol. The van der Waals surface area contributed by atoms with Gasteiger partial charge in [0.05, 0.1) is 0 Å². The number of oxazole rings is 1. The van der Waals surface area contributed by atoms with Crippen LogP contribution in [0.15, 0.2) is 77.2 Å². The van der Waals surface area contributed by atoms with Crippen LogP contribution in [0.2, 0.25) is 0 Å². The molecule has 0 spiro atoms. The quantitative estimate of drug-likeness (QED) is 0.561. The molecule has 0 saturated heterocycles. The fourth-order valence-corrected chi connectivity index (χ4v) is 2.59. The van der Waals surface area contributed by atoms with Gasteiger partial charge in [-0.25, -0.2) is 9.37 Å². The Morgan fingerprint density at radius 1 is 1.00 bits per heavy atom. The Morgan fingerprint density at radius 3 is 2.52 bits per heavy atom. The van der Waals surface area contributed by atoms with Crippen molar-refractivity contribution in [3.05, 3.63) is 78.6 Å². The van der Waals surface area contributed by atoms with Crippen molar-refractivity contribution in [3.8, 4) is 17.2 Å². The van der Waals surface area contributed by atoms with Gasteiger partial charge in [0, 0.05) is 11.3 Å². The standard InChI is InChI=1S/C21H15FN2O3/c22-16-5-1-3-7-18(16)26-13-20(25)23-15-11-9-14(10-12-15)21-24-17-6-2-4-8-19(17)27-21/h1-12H,13H2,(H,23,25). The van der Waals surface area contributed by atoms with Crippen LogP contribution in [0.1, 0.15) is 0 Å². The second kappa shape index (κ2) is 7.29. The molecule has 6 heteroatoms. The van der Waals surface area contributed by atoms with Crippen LogP contribution in [0, 0.1) is 5.82 Å². The van der Waals surface area contributed by atoms with Crippen molar-refractivity contribution in [2.45, 2.75) is 0 Å². The summed E-state index contributed by atoms with van der Waals surface area (Å²) in [4.78, 5) is 16.4. The number of benzene rings is 3. The molecule has 3 aromatic carbocycles. The first-order valence-corrected chi connectivity index (χ1v) is 8.32. The largest absolute Gasteiger partial charge is 0.481 e. The van der Waals surface area contributed by atoms with Gasteiger partial charge in [0.25, 0.3) is 5.91 Å². The number of nitrogens with zero attached hydrogens (tertiary/aromatic N) is 1. The molecule has 1 N–H and O–H groups in total. The number of halogens is 1. The minimum Gasteiger partial charge on any atom is -0.481 e. The lowest BCUT2D eigenvalue weighted by Gasteiger charge is -2.08. The number of hydrogen-bond acceptors (Lipinski definition) is 4. The second-order valence-electron chi connectivity index (χ2n) is 5.83. The molecule has 1 heterocycles. The van der Waals surface area contributed by atoms with Gasteiger partial charge in [0.1, 0.15) is 5.52 Å². The molecule has 1 amide bonds. The lowest BCUT2D eigenvalue weighted by Crippen LogP contribution is -2.20. The van der Waals surface area contributed by atoms with E-state index in [4.69, 9.17) is 9.15 Å². The number of carbonyl (C=O) groups is 1. The summed E-state index contributed by atoms with van der Waals surface area (Å²) in [6, 6.07) is 20.6. The SMILES string of the molecule is O=C(COc1ccccc1F)Nc1ccc(-c2nc3ccccc3o2)cc1. The minimum absolute atomic E-state index is 0.0407. The van der Waals surface area contributed by atoms with Gasteiger partial charge in [0.2, 0.25) is 5.89 Å². The fourth-order valence-electron chi connectivity index (χ4n) is 2.59. The molecule has 0 saturated carbocycles. The Hall–Kier alpha value is -3.67. The van der Waals surface area contributed by atoms with Crippen molar-refractivity contribution in [2.24, 2.45) is 0 Å². The third-order valence-electron chi connectivity index (χ3n) is 3.90. The summed E-state index contributed by atoms with van der Waals surface area (Å²) in [6.45, 7) is -0.284. The summed E-state index contributed by atoms with van der Waals surface area (Å²) in [7, 11) is 0. The predicted octanol–water partition coefficient (Wildman–Crippen LogP) is 4.65. The van der Waals surface area contributed by atoms with Gasteiger partial charge >= 0.3 is 0 Å². The molecule has 1 aromatic heterocycles. The first-order chi connectivity index (χ1) is 13.2. The molecule has 134 valence electrons. The number of rotatable bonds is 5. The molecule has 4 rings (SSSR count). The van der Waals surface area contributed by atoms with Gasteiger partial charge in [-0.1, -0.05) is 24.3 Å². The Kier molecular flexibility index (Phi) is 4.53. The van der Waals surface area contributed by atoms with Crippen LogP contribution in [0.3, 0.4) is 0 Å². The smallest absolute Gasteiger partial charge is 0.262 e. The first kappa shape index (κ1) is 16.8. The highest BCUT2D eigenvalue weighted by Crippen LogP contribution is 2.25. The predicted molar refractivity (Wildman–Crippen MR) is 100.0 cm³/mol. The third kappa shape index (κ3) is 3.79. The number of amides is 1. The highest BCUT2D eigenvalue weighted by molar-refractivity contribution is 5.92. The summed E-state index contributed by atoms with van der Waals surface area (Å²) in [5, 5.41) is 2.70. The highest BCUT2D eigenvalue weighted by atomic mass is 19.1. The molecule has 0 unspecified atom stereocenters. The topological polar surface area (TPSA) is 64.4 Å². The molecule has 0 aliphatic heterocycles. The van der Waals surface area contributed by atoms with Crippen LogP contribution in [-0.4, -0.2) is 17.5 Å². The van der Waals surface area contributed by atoms with Crippen LogP contribution in [-0.2, 0) is 4.79 Å². The van der Waals surface area contributed by atoms with Crippen molar-refractivity contribution in [1.29, 1.82) is 0 Å². The van der Waals surface area contributed by atoms with E-state index in [1.54, 1.807) is 36.4 Å². The number of nitrogens with one attached hydrogen (secondary N) is 1. The molecule has 0 aliphatic carbocycles. The average molecular weight is 362 g/mol. The van der Waals surface area contributed by atoms with Gasteiger partial charge in [-0.2, -0.15) is 0 Å². The van der Waals surface area contributed by atoms with Crippen LogP contribution >= 0.6 is 0 Å². The molecule has 4 aromatic rings. The molecule has 0 radical (unpaired) electrons. The van der Waals surface area contributed by atoms with E-state index in [0.717, 1.165) is 16.7 Å². The lowest BCUT2D eigenvalue weighted by atomic mass is 10.2. The van der Waals surface area contributed by atoms with E-state index >= 15 is 0 Å². The first-order valence-electron chi connectivity index (χ1n) is 8.32. The van der Waals surface area contributed by atoms with Gasteiger partial charge in [-0.05, 0) is 48.5 Å². The Labute approximate surface area is 154 Å². The van der Waals surface area contributed by atoms with Crippen LogP contribution in [0.25, 0.3) is 22.6 Å². The van der Waals surface area contributed by atoms with Crippen molar-refractivity contribution >= 4 is 22.7 Å². The number of fused-ring (bicyclic) bond motifs is 1. The Balaban J connectivity index is 1.40. The number of carbonyl (C=O) groups excluding carboxylic acids is 1. The van der Waals surface area contributed by atoms with E-state index in [-0.39, 0.29) is 18.3 Å². The van der Waals surface area contributed by atoms with Gasteiger partial charge < -0.3 is 14.5 Å². The zero-order chi connectivity index (χ0) is 18.6. The average Bonchev–Trinajstić information content (AvgIpc) is 3.12. The number of para-hydroxylation sites is 3. The Bertz CT molecular complexity index is 1060. The summed E-state index contributed by atoms with van der Waals surface area (Å²) < 4.78 is 24.4. The van der Waals surface area contributed by atoms with E-state index in [1.165, 1.54) is 12.1 Å². The molecule has 0 atom stereocenters. The van der Waals surface area contributed by atoms with Crippen molar-refractivity contribution in [2.75, 3.05) is 11.9 Å². The number of aromatic nitrogens is 1. The molecule has 0 bridgehead atoms. The van der Waals surface area contributed by atoms with E-state index in [1.807, 2.05) is 24.3 Å². The fraction of sp³-hybridized carbons (Fsp3) is 0.0476. The van der Waals surface area contributed by atoms with E-state index in [2.05, 4.69) is 10.3 Å². The monoisotopic (exact) mass is 362 g/mol. The summed E-state index contributed by atoms with van der Waals surface area (Å²) in [5.74, 6) is -0.336. The summed E-state index contributed by atoms with van der Waals surface area (Å²) in [5.41, 5.74) is 2.90. The van der Waals surface area contributed by atoms with Crippen molar-refractivity contribution in [3.63, 3.8) is 0 Å². The van der Waals surface area contributed by atoms with Crippen LogP contribution < -0.4 is 10.1 Å². The number of anilines is 1. The number of hydrogen-bond donors (Lipinski definition) is 1. The van der Waals surface area contributed by atoms with Crippen LogP contribution in [0.5, 0.6) is 5.75 Å². The van der Waals surface area contributed by atoms with Crippen molar-refractivity contribution in [1.82, 2.24) is 4.98 Å². The zero-order valence-corrected chi connectivity index (χ0v) is 14.2. The molecule has 27 heavy (non-hydrogen) atoms. The van der Waals surface area contributed by atoms with E-state index in [0.29, 0.717) is 11.6 Å². The summed E-state index contributed by atoms with van der Waals surface area (Å²) in [6.07, 6.45) is 0. The number of ether oxygens (including phenoxy) is 1. The minimum atomic E-state index is -0.506. The maximum Gasteiger partial charge on any atom is 0.262 e. The highest BCUT2D eigenvalue weighted by Gasteiger charge is 2.09. The molecule has 5 nitrogen and oxygen atoms in total. The van der Waals surface area contributed by atoms with Gasteiger partial charge in [0.15, 0.2) is 23.8 Å². The molecular formula is C21H15FN2O3. The van der Waals surface area contributed by atoms with Gasteiger partial charge in [-0.15, -0.1) is 0 Å². The molecule has 0 fully saturated rings. The maximum atomic E-state index is 13.5.